The van der Waals surface area contributed by atoms with Crippen LogP contribution in [0.4, 0.5) is 0 Å². The van der Waals surface area contributed by atoms with E-state index < -0.39 is 11.0 Å². The van der Waals surface area contributed by atoms with Crippen molar-refractivity contribution in [3.8, 4) is 17.6 Å². The molecule has 0 aliphatic carbocycles. The molecule has 0 aliphatic rings. The van der Waals surface area contributed by atoms with E-state index in [1.807, 2.05) is 52.0 Å². The highest BCUT2D eigenvalue weighted by Crippen LogP contribution is 2.25. The molecule has 0 unspecified atom stereocenters. The molecule has 0 aromatic heterocycles. The lowest BCUT2D eigenvalue weighted by Gasteiger charge is -2.22. The molecule has 1 aromatic carbocycles. The Bertz CT molecular complexity index is 542. The molecule has 1 aromatic rings. The molecule has 0 bridgehead atoms. The van der Waals surface area contributed by atoms with E-state index in [-0.39, 0.29) is 5.97 Å². The van der Waals surface area contributed by atoms with E-state index in [9.17, 15) is 4.79 Å². The van der Waals surface area contributed by atoms with Gasteiger partial charge in [-0.1, -0.05) is 18.1 Å². The summed E-state index contributed by atoms with van der Waals surface area (Å²) in [7, 11) is 1.41. The SMILES string of the molecule is CC#CC(C)(C)Oc1ccc(CC(C)(C)C(=O)OC)cc1. The lowest BCUT2D eigenvalue weighted by atomic mass is 9.86. The molecule has 0 aliphatic heterocycles. The van der Waals surface area contributed by atoms with Gasteiger partial charge in [0.1, 0.15) is 5.75 Å². The van der Waals surface area contributed by atoms with Gasteiger partial charge < -0.3 is 9.47 Å². The summed E-state index contributed by atoms with van der Waals surface area (Å²) < 4.78 is 10.7. The Morgan fingerprint density at radius 3 is 2.19 bits per heavy atom. The predicted molar refractivity (Wildman–Crippen MR) is 84.1 cm³/mol. The molecular weight excluding hydrogens is 264 g/mol. The molecule has 1 rings (SSSR count). The molecule has 0 saturated carbocycles. The third-order valence-corrected chi connectivity index (χ3v) is 3.11. The molecule has 21 heavy (non-hydrogen) atoms. The Morgan fingerprint density at radius 1 is 1.14 bits per heavy atom. The number of ether oxygens (including phenoxy) is 2. The smallest absolute Gasteiger partial charge is 0.311 e. The third kappa shape index (κ3) is 5.15. The van der Waals surface area contributed by atoms with Gasteiger partial charge in [-0.05, 0) is 58.7 Å². The number of benzene rings is 1. The zero-order chi connectivity index (χ0) is 16.1. The number of carbonyl (C=O) groups excluding carboxylic acids is 1. The maximum Gasteiger partial charge on any atom is 0.311 e. The van der Waals surface area contributed by atoms with Crippen molar-refractivity contribution in [2.45, 2.75) is 46.6 Å². The summed E-state index contributed by atoms with van der Waals surface area (Å²) in [5.74, 6) is 6.44. The Hall–Kier alpha value is -1.95. The second-order valence-corrected chi connectivity index (χ2v) is 6.18. The lowest BCUT2D eigenvalue weighted by molar-refractivity contribution is -0.150. The van der Waals surface area contributed by atoms with Crippen LogP contribution in [0.25, 0.3) is 0 Å². The van der Waals surface area contributed by atoms with Gasteiger partial charge in [0.05, 0.1) is 12.5 Å². The van der Waals surface area contributed by atoms with Crippen molar-refractivity contribution in [2.75, 3.05) is 7.11 Å². The van der Waals surface area contributed by atoms with Gasteiger partial charge in [-0.25, -0.2) is 0 Å². The molecular formula is C18H24O3. The van der Waals surface area contributed by atoms with Gasteiger partial charge in [-0.3, -0.25) is 4.79 Å². The average Bonchev–Trinajstić information content (AvgIpc) is 2.39. The minimum Gasteiger partial charge on any atom is -0.475 e. The van der Waals surface area contributed by atoms with Crippen LogP contribution in [0.15, 0.2) is 24.3 Å². The largest absolute Gasteiger partial charge is 0.475 e. The van der Waals surface area contributed by atoms with Crippen LogP contribution in [0.3, 0.4) is 0 Å². The van der Waals surface area contributed by atoms with Crippen molar-refractivity contribution in [3.05, 3.63) is 29.8 Å². The summed E-state index contributed by atoms with van der Waals surface area (Å²) in [4.78, 5) is 11.7. The number of methoxy groups -OCH3 is 1. The first-order valence-corrected chi connectivity index (χ1v) is 7.00. The fraction of sp³-hybridized carbons (Fsp3) is 0.500. The predicted octanol–water partition coefficient (Wildman–Crippen LogP) is 3.61. The zero-order valence-electron chi connectivity index (χ0n) is 13.7. The summed E-state index contributed by atoms with van der Waals surface area (Å²) in [5, 5.41) is 0. The van der Waals surface area contributed by atoms with Gasteiger partial charge in [0, 0.05) is 0 Å². The maximum absolute atomic E-state index is 11.7. The minimum atomic E-state index is -0.538. The quantitative estimate of drug-likeness (QED) is 0.613. The van der Waals surface area contributed by atoms with Crippen LogP contribution >= 0.6 is 0 Å². The van der Waals surface area contributed by atoms with E-state index in [4.69, 9.17) is 9.47 Å². The molecule has 114 valence electrons. The van der Waals surface area contributed by atoms with Crippen molar-refractivity contribution in [1.82, 2.24) is 0 Å². The van der Waals surface area contributed by atoms with Crippen molar-refractivity contribution < 1.29 is 14.3 Å². The molecule has 3 heteroatoms. The second kappa shape index (κ2) is 6.67. The monoisotopic (exact) mass is 288 g/mol. The van der Waals surface area contributed by atoms with Crippen molar-refractivity contribution in [1.29, 1.82) is 0 Å². The Morgan fingerprint density at radius 2 is 1.71 bits per heavy atom. The number of hydrogen-bond donors (Lipinski definition) is 0. The van der Waals surface area contributed by atoms with Crippen LogP contribution in [0.5, 0.6) is 5.75 Å². The summed E-state index contributed by atoms with van der Waals surface area (Å²) in [6.45, 7) is 9.41. The summed E-state index contributed by atoms with van der Waals surface area (Å²) in [5.41, 5.74) is 0.0168. The number of esters is 1. The van der Waals surface area contributed by atoms with E-state index in [0.717, 1.165) is 11.3 Å². The first kappa shape index (κ1) is 17.1. The first-order valence-electron chi connectivity index (χ1n) is 7.00. The molecule has 3 nitrogen and oxygen atoms in total. The maximum atomic E-state index is 11.7. The van der Waals surface area contributed by atoms with Crippen LogP contribution in [0, 0.1) is 17.3 Å². The summed E-state index contributed by atoms with van der Waals surface area (Å²) >= 11 is 0. The Balaban J connectivity index is 2.79. The van der Waals surface area contributed by atoms with Crippen molar-refractivity contribution in [2.24, 2.45) is 5.41 Å². The highest BCUT2D eigenvalue weighted by molar-refractivity contribution is 5.76. The van der Waals surface area contributed by atoms with Crippen LogP contribution in [0.2, 0.25) is 0 Å². The van der Waals surface area contributed by atoms with E-state index >= 15 is 0 Å². The van der Waals surface area contributed by atoms with Gasteiger partial charge in [0.15, 0.2) is 5.60 Å². The molecule has 0 fully saturated rings. The molecule has 0 heterocycles. The molecule has 0 radical (unpaired) electrons. The van der Waals surface area contributed by atoms with Crippen LogP contribution in [0.1, 0.15) is 40.2 Å². The van der Waals surface area contributed by atoms with E-state index in [2.05, 4.69) is 11.8 Å². The lowest BCUT2D eigenvalue weighted by Crippen LogP contribution is -2.28. The van der Waals surface area contributed by atoms with E-state index in [1.165, 1.54) is 7.11 Å². The van der Waals surface area contributed by atoms with E-state index in [1.54, 1.807) is 6.92 Å². The standard InChI is InChI=1S/C18H24O3/c1-7-12-18(4,5)21-15-10-8-14(9-11-15)13-17(2,3)16(19)20-6/h8-11H,13H2,1-6H3. The van der Waals surface area contributed by atoms with Crippen molar-refractivity contribution >= 4 is 5.97 Å². The molecule has 0 amide bonds. The number of carbonyl (C=O) groups is 1. The second-order valence-electron chi connectivity index (χ2n) is 6.18. The minimum absolute atomic E-state index is 0.206. The number of hydrogen-bond acceptors (Lipinski definition) is 3. The summed E-state index contributed by atoms with van der Waals surface area (Å²) in [6, 6.07) is 7.74. The Kier molecular flexibility index (Phi) is 5.43. The highest BCUT2D eigenvalue weighted by atomic mass is 16.5. The van der Waals surface area contributed by atoms with Gasteiger partial charge >= 0.3 is 5.97 Å². The first-order chi connectivity index (χ1) is 9.70. The van der Waals surface area contributed by atoms with Crippen LogP contribution in [-0.2, 0) is 16.0 Å². The topological polar surface area (TPSA) is 35.5 Å². The third-order valence-electron chi connectivity index (χ3n) is 3.11. The molecule has 0 spiro atoms. The average molecular weight is 288 g/mol. The van der Waals surface area contributed by atoms with Crippen LogP contribution < -0.4 is 4.74 Å². The highest BCUT2D eigenvalue weighted by Gasteiger charge is 2.28. The fourth-order valence-corrected chi connectivity index (χ4v) is 2.16. The zero-order valence-corrected chi connectivity index (χ0v) is 13.7. The molecule has 0 N–H and O–H groups in total. The van der Waals surface area contributed by atoms with Gasteiger partial charge in [-0.15, -0.1) is 5.92 Å². The molecule has 0 atom stereocenters. The van der Waals surface area contributed by atoms with Gasteiger partial charge in [-0.2, -0.15) is 0 Å². The summed E-state index contributed by atoms with van der Waals surface area (Å²) in [6.07, 6.45) is 0.623. The number of rotatable bonds is 5. The Labute approximate surface area is 127 Å². The van der Waals surface area contributed by atoms with Crippen molar-refractivity contribution in [3.63, 3.8) is 0 Å². The normalized spacial score (nSPS) is 11.3. The van der Waals surface area contributed by atoms with Gasteiger partial charge in [0.25, 0.3) is 0 Å². The van der Waals surface area contributed by atoms with Crippen LogP contribution in [-0.4, -0.2) is 18.7 Å². The molecule has 0 saturated heterocycles. The van der Waals surface area contributed by atoms with E-state index in [0.29, 0.717) is 6.42 Å². The van der Waals surface area contributed by atoms with Gasteiger partial charge in [0.2, 0.25) is 0 Å². The fourth-order valence-electron chi connectivity index (χ4n) is 2.16.